The van der Waals surface area contributed by atoms with E-state index in [1.165, 1.54) is 27.7 Å². The van der Waals surface area contributed by atoms with Crippen LogP contribution in [0.5, 0.6) is 0 Å². The van der Waals surface area contributed by atoms with Gasteiger partial charge < -0.3 is 15.6 Å². The van der Waals surface area contributed by atoms with Crippen molar-refractivity contribution in [3.8, 4) is 0 Å². The van der Waals surface area contributed by atoms with E-state index < -0.39 is 6.03 Å². The molecule has 1 aliphatic carbocycles. The highest BCUT2D eigenvalue weighted by Crippen LogP contribution is 2.36. The van der Waals surface area contributed by atoms with Crippen molar-refractivity contribution >= 4 is 16.9 Å². The standard InChI is InChI=1S/C15H19N3O/c1-9-6-7-13-11(8-9)10-4-3-5-12(17-15(16)19)14(10)18(13)2/h6-8,12H,3-5H2,1-2H3,(H3,16,17,19)/t12-/m1/s1. The topological polar surface area (TPSA) is 60.1 Å². The molecule has 0 fully saturated rings. The molecule has 19 heavy (non-hydrogen) atoms. The molecule has 100 valence electrons. The minimum atomic E-state index is -0.445. The van der Waals surface area contributed by atoms with Crippen molar-refractivity contribution in [3.63, 3.8) is 0 Å². The molecular formula is C15H19N3O. The Kier molecular flexibility index (Phi) is 2.73. The number of aromatic nitrogens is 1. The summed E-state index contributed by atoms with van der Waals surface area (Å²) in [5.74, 6) is 0. The van der Waals surface area contributed by atoms with Crippen LogP contribution in [-0.2, 0) is 13.5 Å². The summed E-state index contributed by atoms with van der Waals surface area (Å²) < 4.78 is 2.20. The number of amides is 2. The second kappa shape index (κ2) is 4.30. The Hall–Kier alpha value is -1.97. The van der Waals surface area contributed by atoms with E-state index >= 15 is 0 Å². The molecule has 0 spiro atoms. The van der Waals surface area contributed by atoms with Gasteiger partial charge in [-0.3, -0.25) is 0 Å². The van der Waals surface area contributed by atoms with Crippen LogP contribution >= 0.6 is 0 Å². The number of fused-ring (bicyclic) bond motifs is 3. The number of primary amides is 1. The first kappa shape index (κ1) is 12.1. The third-order valence-corrected chi connectivity index (χ3v) is 4.08. The Morgan fingerprint density at radius 1 is 1.47 bits per heavy atom. The molecule has 2 amide bonds. The molecule has 0 unspecified atom stereocenters. The van der Waals surface area contributed by atoms with Gasteiger partial charge in [0.25, 0.3) is 0 Å². The lowest BCUT2D eigenvalue weighted by Crippen LogP contribution is -2.35. The zero-order chi connectivity index (χ0) is 13.6. The smallest absolute Gasteiger partial charge is 0.312 e. The van der Waals surface area contributed by atoms with Crippen LogP contribution in [-0.4, -0.2) is 10.6 Å². The minimum absolute atomic E-state index is 0.0407. The largest absolute Gasteiger partial charge is 0.352 e. The summed E-state index contributed by atoms with van der Waals surface area (Å²) in [6, 6.07) is 6.12. The van der Waals surface area contributed by atoms with Crippen molar-refractivity contribution in [2.45, 2.75) is 32.2 Å². The predicted molar refractivity (Wildman–Crippen MR) is 76.1 cm³/mol. The Bertz CT molecular complexity index is 657. The number of nitrogens with one attached hydrogen (secondary N) is 1. The second-order valence-electron chi connectivity index (χ2n) is 5.40. The minimum Gasteiger partial charge on any atom is -0.352 e. The van der Waals surface area contributed by atoms with Gasteiger partial charge in [0.1, 0.15) is 0 Å². The maximum absolute atomic E-state index is 11.2. The molecule has 0 radical (unpaired) electrons. The number of carbonyl (C=O) groups excluding carboxylic acids is 1. The molecule has 2 aromatic rings. The number of rotatable bonds is 1. The van der Waals surface area contributed by atoms with Gasteiger partial charge in [-0.05, 0) is 43.9 Å². The molecule has 1 atom stereocenters. The highest BCUT2D eigenvalue weighted by molar-refractivity contribution is 5.87. The number of nitrogens with two attached hydrogens (primary N) is 1. The van der Waals surface area contributed by atoms with Crippen LogP contribution < -0.4 is 11.1 Å². The maximum atomic E-state index is 11.2. The van der Waals surface area contributed by atoms with E-state index in [2.05, 4.69) is 42.1 Å². The van der Waals surface area contributed by atoms with Gasteiger partial charge in [0.2, 0.25) is 0 Å². The number of aryl methyl sites for hydroxylation is 3. The van der Waals surface area contributed by atoms with Gasteiger partial charge in [-0.25, -0.2) is 4.79 Å². The van der Waals surface area contributed by atoms with Crippen LogP contribution in [0.2, 0.25) is 0 Å². The van der Waals surface area contributed by atoms with Crippen LogP contribution in [0, 0.1) is 6.92 Å². The fourth-order valence-electron chi connectivity index (χ4n) is 3.29. The fraction of sp³-hybridized carbons (Fsp3) is 0.400. The lowest BCUT2D eigenvalue weighted by Gasteiger charge is -2.24. The van der Waals surface area contributed by atoms with Crippen molar-refractivity contribution in [2.24, 2.45) is 12.8 Å². The van der Waals surface area contributed by atoms with Crippen LogP contribution in [0.3, 0.4) is 0 Å². The zero-order valence-electron chi connectivity index (χ0n) is 11.4. The average Bonchev–Trinajstić information content (AvgIpc) is 2.63. The number of hydrogen-bond donors (Lipinski definition) is 2. The highest BCUT2D eigenvalue weighted by Gasteiger charge is 2.27. The molecule has 4 heteroatoms. The van der Waals surface area contributed by atoms with Crippen molar-refractivity contribution in [2.75, 3.05) is 0 Å². The summed E-state index contributed by atoms with van der Waals surface area (Å²) in [5.41, 5.74) is 10.4. The SMILES string of the molecule is Cc1ccc2c(c1)c1c(n2C)[C@H](NC(N)=O)CCC1. The molecule has 0 bridgehead atoms. The molecular weight excluding hydrogens is 238 g/mol. The van der Waals surface area contributed by atoms with Crippen LogP contribution in [0.4, 0.5) is 4.79 Å². The number of urea groups is 1. The van der Waals surface area contributed by atoms with Crippen molar-refractivity contribution in [3.05, 3.63) is 35.0 Å². The van der Waals surface area contributed by atoms with Gasteiger partial charge in [0, 0.05) is 23.6 Å². The van der Waals surface area contributed by atoms with Gasteiger partial charge in [-0.15, -0.1) is 0 Å². The van der Waals surface area contributed by atoms with Crippen LogP contribution in [0.15, 0.2) is 18.2 Å². The molecule has 1 aromatic heterocycles. The number of carbonyl (C=O) groups is 1. The van der Waals surface area contributed by atoms with Gasteiger partial charge in [-0.2, -0.15) is 0 Å². The van der Waals surface area contributed by atoms with E-state index in [-0.39, 0.29) is 6.04 Å². The summed E-state index contributed by atoms with van der Waals surface area (Å²) in [7, 11) is 2.07. The zero-order valence-corrected chi connectivity index (χ0v) is 11.4. The van der Waals surface area contributed by atoms with E-state index in [9.17, 15) is 4.79 Å². The number of benzene rings is 1. The summed E-state index contributed by atoms with van der Waals surface area (Å²) in [6.07, 6.45) is 3.12. The Balaban J connectivity index is 2.21. The molecule has 3 N–H and O–H groups in total. The van der Waals surface area contributed by atoms with E-state index in [1.807, 2.05) is 0 Å². The molecule has 1 aromatic carbocycles. The highest BCUT2D eigenvalue weighted by atomic mass is 16.2. The molecule has 1 heterocycles. The van der Waals surface area contributed by atoms with Gasteiger partial charge in [0.05, 0.1) is 6.04 Å². The van der Waals surface area contributed by atoms with Crippen LogP contribution in [0.1, 0.15) is 35.7 Å². The fourth-order valence-corrected chi connectivity index (χ4v) is 3.29. The molecule has 0 saturated heterocycles. The lowest BCUT2D eigenvalue weighted by atomic mass is 9.91. The van der Waals surface area contributed by atoms with E-state index in [0.717, 1.165) is 19.3 Å². The lowest BCUT2D eigenvalue weighted by molar-refractivity contribution is 0.243. The summed E-state index contributed by atoms with van der Waals surface area (Å²) in [5, 5.41) is 4.19. The average molecular weight is 257 g/mol. The monoisotopic (exact) mass is 257 g/mol. The summed E-state index contributed by atoms with van der Waals surface area (Å²) in [6.45, 7) is 2.11. The van der Waals surface area contributed by atoms with Crippen molar-refractivity contribution in [1.82, 2.24) is 9.88 Å². The third-order valence-electron chi connectivity index (χ3n) is 4.08. The first-order valence-electron chi connectivity index (χ1n) is 6.71. The molecule has 3 rings (SSSR count). The second-order valence-corrected chi connectivity index (χ2v) is 5.40. The summed E-state index contributed by atoms with van der Waals surface area (Å²) >= 11 is 0. The number of hydrogen-bond acceptors (Lipinski definition) is 1. The van der Waals surface area contributed by atoms with E-state index in [4.69, 9.17) is 5.73 Å². The molecule has 4 nitrogen and oxygen atoms in total. The van der Waals surface area contributed by atoms with Crippen molar-refractivity contribution in [1.29, 1.82) is 0 Å². The van der Waals surface area contributed by atoms with E-state index in [0.29, 0.717) is 0 Å². The Labute approximate surface area is 112 Å². The Morgan fingerprint density at radius 3 is 3.00 bits per heavy atom. The molecule has 1 aliphatic rings. The quantitative estimate of drug-likeness (QED) is 0.810. The Morgan fingerprint density at radius 2 is 2.26 bits per heavy atom. The summed E-state index contributed by atoms with van der Waals surface area (Å²) in [4.78, 5) is 11.2. The molecule has 0 saturated carbocycles. The van der Waals surface area contributed by atoms with E-state index in [1.54, 1.807) is 0 Å². The first-order chi connectivity index (χ1) is 9.08. The first-order valence-corrected chi connectivity index (χ1v) is 6.71. The van der Waals surface area contributed by atoms with Gasteiger partial charge >= 0.3 is 6.03 Å². The molecule has 0 aliphatic heterocycles. The van der Waals surface area contributed by atoms with Gasteiger partial charge in [-0.1, -0.05) is 11.6 Å². The third kappa shape index (κ3) is 1.87. The van der Waals surface area contributed by atoms with Crippen molar-refractivity contribution < 1.29 is 4.79 Å². The normalized spacial score (nSPS) is 18.3. The predicted octanol–water partition coefficient (Wildman–Crippen LogP) is 2.53. The van der Waals surface area contributed by atoms with Crippen LogP contribution in [0.25, 0.3) is 10.9 Å². The number of nitrogens with zero attached hydrogens (tertiary/aromatic N) is 1. The van der Waals surface area contributed by atoms with Gasteiger partial charge in [0.15, 0.2) is 0 Å². The maximum Gasteiger partial charge on any atom is 0.312 e.